The van der Waals surface area contributed by atoms with E-state index >= 15 is 0 Å². The Morgan fingerprint density at radius 1 is 1.19 bits per heavy atom. The second kappa shape index (κ2) is 8.28. The molecule has 2 rings (SSSR count). The van der Waals surface area contributed by atoms with Crippen LogP contribution in [0.15, 0.2) is 18.2 Å². The van der Waals surface area contributed by atoms with Crippen LogP contribution in [0.5, 0.6) is 11.5 Å². The van der Waals surface area contributed by atoms with Gasteiger partial charge in [-0.2, -0.15) is 0 Å². The van der Waals surface area contributed by atoms with Crippen molar-refractivity contribution in [2.24, 2.45) is 0 Å². The molecule has 118 valence electrons. The molecule has 3 nitrogen and oxygen atoms in total. The summed E-state index contributed by atoms with van der Waals surface area (Å²) in [7, 11) is 0. The SMILES string of the molecule is CCOc1cc(CNC(C)CC)ccc1OC1CCCC1. The van der Waals surface area contributed by atoms with Crippen molar-refractivity contribution in [3.05, 3.63) is 23.8 Å². The van der Waals surface area contributed by atoms with Crippen LogP contribution >= 0.6 is 0 Å². The maximum atomic E-state index is 6.12. The molecular formula is C18H29NO2. The zero-order valence-electron chi connectivity index (χ0n) is 13.7. The molecule has 0 spiro atoms. The average Bonchev–Trinajstić information content (AvgIpc) is 3.00. The minimum atomic E-state index is 0.369. The highest BCUT2D eigenvalue weighted by Gasteiger charge is 2.18. The monoisotopic (exact) mass is 291 g/mol. The Kier molecular flexibility index (Phi) is 6.37. The molecule has 1 saturated carbocycles. The van der Waals surface area contributed by atoms with Crippen LogP contribution in [0.4, 0.5) is 0 Å². The zero-order chi connectivity index (χ0) is 15.1. The van der Waals surface area contributed by atoms with Crippen molar-refractivity contribution in [2.75, 3.05) is 6.61 Å². The summed E-state index contributed by atoms with van der Waals surface area (Å²) in [6.45, 7) is 7.97. The summed E-state index contributed by atoms with van der Waals surface area (Å²) in [6.07, 6.45) is 6.41. The maximum absolute atomic E-state index is 6.12. The number of hydrogen-bond acceptors (Lipinski definition) is 3. The van der Waals surface area contributed by atoms with Crippen LogP contribution < -0.4 is 14.8 Å². The molecule has 1 atom stereocenters. The smallest absolute Gasteiger partial charge is 0.161 e. The summed E-state index contributed by atoms with van der Waals surface area (Å²) in [5, 5.41) is 3.51. The molecule has 21 heavy (non-hydrogen) atoms. The highest BCUT2D eigenvalue weighted by molar-refractivity contribution is 5.43. The Morgan fingerprint density at radius 2 is 1.95 bits per heavy atom. The quantitative estimate of drug-likeness (QED) is 0.775. The highest BCUT2D eigenvalue weighted by Crippen LogP contribution is 2.32. The lowest BCUT2D eigenvalue weighted by atomic mass is 10.1. The fraction of sp³-hybridized carbons (Fsp3) is 0.667. The van der Waals surface area contributed by atoms with Gasteiger partial charge in [-0.1, -0.05) is 13.0 Å². The molecule has 0 radical (unpaired) electrons. The summed E-state index contributed by atoms with van der Waals surface area (Å²) in [4.78, 5) is 0. The molecule has 0 heterocycles. The van der Waals surface area contributed by atoms with Crippen LogP contribution in [-0.4, -0.2) is 18.8 Å². The molecule has 1 fully saturated rings. The second-order valence-corrected chi connectivity index (χ2v) is 5.93. The van der Waals surface area contributed by atoms with Crippen LogP contribution in [0, 0.1) is 0 Å². The van der Waals surface area contributed by atoms with Gasteiger partial charge in [0.1, 0.15) is 0 Å². The summed E-state index contributed by atoms with van der Waals surface area (Å²) < 4.78 is 11.9. The lowest BCUT2D eigenvalue weighted by Gasteiger charge is -2.18. The van der Waals surface area contributed by atoms with Gasteiger partial charge in [-0.3, -0.25) is 0 Å². The van der Waals surface area contributed by atoms with Gasteiger partial charge < -0.3 is 14.8 Å². The largest absolute Gasteiger partial charge is 0.490 e. The third-order valence-electron chi connectivity index (χ3n) is 4.17. The summed E-state index contributed by atoms with van der Waals surface area (Å²) in [5.41, 5.74) is 1.25. The van der Waals surface area contributed by atoms with E-state index < -0.39 is 0 Å². The second-order valence-electron chi connectivity index (χ2n) is 5.93. The molecule has 1 aromatic rings. The van der Waals surface area contributed by atoms with Gasteiger partial charge in [-0.05, 0) is 63.6 Å². The summed E-state index contributed by atoms with van der Waals surface area (Å²) in [6, 6.07) is 6.86. The number of hydrogen-bond donors (Lipinski definition) is 1. The molecule has 1 aromatic carbocycles. The first-order chi connectivity index (χ1) is 10.2. The van der Waals surface area contributed by atoms with Crippen molar-refractivity contribution < 1.29 is 9.47 Å². The molecular weight excluding hydrogens is 262 g/mol. The van der Waals surface area contributed by atoms with E-state index in [1.807, 2.05) is 6.92 Å². The van der Waals surface area contributed by atoms with Crippen molar-refractivity contribution >= 4 is 0 Å². The van der Waals surface area contributed by atoms with Crippen LogP contribution in [0.2, 0.25) is 0 Å². The van der Waals surface area contributed by atoms with Gasteiger partial charge in [0, 0.05) is 12.6 Å². The van der Waals surface area contributed by atoms with Crippen molar-refractivity contribution in [2.45, 2.75) is 71.6 Å². The maximum Gasteiger partial charge on any atom is 0.161 e. The first-order valence-electron chi connectivity index (χ1n) is 8.38. The Morgan fingerprint density at radius 3 is 2.62 bits per heavy atom. The number of ether oxygens (including phenoxy) is 2. The van der Waals surface area contributed by atoms with Gasteiger partial charge in [-0.25, -0.2) is 0 Å². The first-order valence-corrected chi connectivity index (χ1v) is 8.38. The van der Waals surface area contributed by atoms with Crippen LogP contribution in [0.25, 0.3) is 0 Å². The van der Waals surface area contributed by atoms with E-state index in [9.17, 15) is 0 Å². The van der Waals surface area contributed by atoms with E-state index in [-0.39, 0.29) is 0 Å². The van der Waals surface area contributed by atoms with E-state index in [1.54, 1.807) is 0 Å². The number of rotatable bonds is 8. The predicted molar refractivity (Wildman–Crippen MR) is 87.1 cm³/mol. The summed E-state index contributed by atoms with van der Waals surface area (Å²) >= 11 is 0. The van der Waals surface area contributed by atoms with E-state index in [0.29, 0.717) is 18.8 Å². The van der Waals surface area contributed by atoms with E-state index in [1.165, 1.54) is 31.2 Å². The molecule has 1 aliphatic rings. The fourth-order valence-corrected chi connectivity index (χ4v) is 2.65. The molecule has 0 amide bonds. The summed E-state index contributed by atoms with van der Waals surface area (Å²) in [5.74, 6) is 1.78. The zero-order valence-corrected chi connectivity index (χ0v) is 13.7. The van der Waals surface area contributed by atoms with Crippen LogP contribution in [0.3, 0.4) is 0 Å². The molecule has 3 heteroatoms. The number of nitrogens with one attached hydrogen (secondary N) is 1. The van der Waals surface area contributed by atoms with Gasteiger partial charge in [0.05, 0.1) is 12.7 Å². The van der Waals surface area contributed by atoms with Gasteiger partial charge in [-0.15, -0.1) is 0 Å². The van der Waals surface area contributed by atoms with Crippen molar-refractivity contribution in [3.8, 4) is 11.5 Å². The van der Waals surface area contributed by atoms with E-state index in [0.717, 1.165) is 24.5 Å². The Hall–Kier alpha value is -1.22. The van der Waals surface area contributed by atoms with Crippen LogP contribution in [-0.2, 0) is 6.54 Å². The van der Waals surface area contributed by atoms with Gasteiger partial charge in [0.15, 0.2) is 11.5 Å². The van der Waals surface area contributed by atoms with Crippen molar-refractivity contribution in [3.63, 3.8) is 0 Å². The molecule has 1 unspecified atom stereocenters. The Balaban J connectivity index is 2.02. The lowest BCUT2D eigenvalue weighted by molar-refractivity contribution is 0.196. The third kappa shape index (κ3) is 4.92. The normalized spacial score (nSPS) is 16.9. The van der Waals surface area contributed by atoms with E-state index in [2.05, 4.69) is 37.4 Å². The molecule has 1 N–H and O–H groups in total. The number of benzene rings is 1. The Labute approximate surface area is 129 Å². The van der Waals surface area contributed by atoms with Crippen LogP contribution in [0.1, 0.15) is 58.4 Å². The van der Waals surface area contributed by atoms with E-state index in [4.69, 9.17) is 9.47 Å². The molecule has 0 aromatic heterocycles. The molecule has 1 aliphatic carbocycles. The van der Waals surface area contributed by atoms with Gasteiger partial charge in [0.2, 0.25) is 0 Å². The van der Waals surface area contributed by atoms with Gasteiger partial charge >= 0.3 is 0 Å². The third-order valence-corrected chi connectivity index (χ3v) is 4.17. The lowest BCUT2D eigenvalue weighted by Crippen LogP contribution is -2.24. The molecule has 0 saturated heterocycles. The fourth-order valence-electron chi connectivity index (χ4n) is 2.65. The van der Waals surface area contributed by atoms with Crippen molar-refractivity contribution in [1.29, 1.82) is 0 Å². The predicted octanol–water partition coefficient (Wildman–Crippen LogP) is 4.29. The standard InChI is InChI=1S/C18H29NO2/c1-4-14(3)19-13-15-10-11-17(18(12-15)20-5-2)21-16-8-6-7-9-16/h10-12,14,16,19H,4-9,13H2,1-3H3. The highest BCUT2D eigenvalue weighted by atomic mass is 16.5. The van der Waals surface area contributed by atoms with Crippen molar-refractivity contribution in [1.82, 2.24) is 5.32 Å². The Bertz CT molecular complexity index is 427. The average molecular weight is 291 g/mol. The topological polar surface area (TPSA) is 30.5 Å². The minimum Gasteiger partial charge on any atom is -0.490 e. The van der Waals surface area contributed by atoms with Gasteiger partial charge in [0.25, 0.3) is 0 Å². The first kappa shape index (κ1) is 16.2. The molecule has 0 aliphatic heterocycles. The molecule has 0 bridgehead atoms. The minimum absolute atomic E-state index is 0.369.